The number of hydrogen-bond acceptors (Lipinski definition) is 11. The van der Waals surface area contributed by atoms with Gasteiger partial charge in [-0.15, -0.1) is 0 Å². The highest BCUT2D eigenvalue weighted by atomic mass is 16.4. The van der Waals surface area contributed by atoms with E-state index < -0.39 is 103 Å². The van der Waals surface area contributed by atoms with E-state index >= 15 is 0 Å². The normalized spacial score (nSPS) is 12.8. The molecular weight excluding hydrogens is 642 g/mol. The first-order valence-corrected chi connectivity index (χ1v) is 14.2. The fourth-order valence-electron chi connectivity index (χ4n) is 3.82. The number of amides is 5. The Morgan fingerprint density at radius 2 is 1.40 bits per heavy atom. The zero-order chi connectivity index (χ0) is 37.1. The number of nitrogens with zero attached hydrogens (tertiary/aromatic N) is 1. The number of carboxylic acids is 4. The van der Waals surface area contributed by atoms with Gasteiger partial charge in [-0.1, -0.05) is 32.0 Å². The van der Waals surface area contributed by atoms with E-state index in [1.54, 1.807) is 24.3 Å². The Morgan fingerprint density at radius 3 is 1.83 bits per heavy atom. The maximum Gasteiger partial charge on any atom is 0.327 e. The van der Waals surface area contributed by atoms with Crippen LogP contribution in [0.2, 0.25) is 0 Å². The summed E-state index contributed by atoms with van der Waals surface area (Å²) in [6, 6.07) is 1.92. The summed E-state index contributed by atoms with van der Waals surface area (Å²) < 4.78 is 0. The van der Waals surface area contributed by atoms with E-state index in [0.29, 0.717) is 11.8 Å². The summed E-state index contributed by atoms with van der Waals surface area (Å²) in [7, 11) is 0. The third kappa shape index (κ3) is 15.5. The monoisotopic (exact) mass is 681 g/mol. The molecule has 0 aliphatic rings. The van der Waals surface area contributed by atoms with Crippen molar-refractivity contribution < 1.29 is 68.4 Å². The van der Waals surface area contributed by atoms with Crippen LogP contribution in [0.3, 0.4) is 0 Å². The molecule has 19 heteroatoms. The van der Waals surface area contributed by atoms with Gasteiger partial charge in [-0.25, -0.2) is 4.79 Å². The molecule has 0 aromatic heterocycles. The average molecular weight is 682 g/mol. The van der Waals surface area contributed by atoms with Crippen LogP contribution in [0, 0.1) is 5.92 Å². The van der Waals surface area contributed by atoms with E-state index in [2.05, 4.69) is 16.0 Å². The van der Waals surface area contributed by atoms with Crippen LogP contribution in [-0.4, -0.2) is 116 Å². The molecule has 0 aliphatic heterocycles. The summed E-state index contributed by atoms with van der Waals surface area (Å²) in [5, 5.41) is 42.8. The highest BCUT2D eigenvalue weighted by molar-refractivity contribution is 6.03. The largest absolute Gasteiger partial charge is 0.481 e. The number of nitrogens with two attached hydrogens (primary N) is 1. The van der Waals surface area contributed by atoms with E-state index in [0.717, 1.165) is 6.92 Å². The molecular formula is C29H39N5O14. The summed E-state index contributed by atoms with van der Waals surface area (Å²) in [5.41, 5.74) is 6.02. The Labute approximate surface area is 273 Å². The van der Waals surface area contributed by atoms with Gasteiger partial charge in [0.25, 0.3) is 11.8 Å². The van der Waals surface area contributed by atoms with Crippen LogP contribution < -0.4 is 21.7 Å². The van der Waals surface area contributed by atoms with Crippen molar-refractivity contribution >= 4 is 59.7 Å². The first kappa shape index (κ1) is 42.3. The van der Waals surface area contributed by atoms with Crippen LogP contribution in [-0.2, 0) is 43.2 Å². The predicted octanol–water partition coefficient (Wildman–Crippen LogP) is -1.80. The zero-order valence-corrected chi connectivity index (χ0v) is 26.3. The number of carboxylic acid groups (broad SMARTS) is 4. The van der Waals surface area contributed by atoms with Crippen molar-refractivity contribution in [2.24, 2.45) is 11.7 Å². The molecule has 0 saturated carbocycles. The third-order valence-corrected chi connectivity index (χ3v) is 6.16. The van der Waals surface area contributed by atoms with Crippen molar-refractivity contribution in [3.63, 3.8) is 0 Å². The Morgan fingerprint density at radius 1 is 0.833 bits per heavy atom. The molecule has 9 N–H and O–H groups in total. The van der Waals surface area contributed by atoms with Gasteiger partial charge in [0.05, 0.1) is 25.4 Å². The van der Waals surface area contributed by atoms with Gasteiger partial charge in [-0.05, 0) is 24.5 Å². The summed E-state index contributed by atoms with van der Waals surface area (Å²) >= 11 is 0. The molecule has 4 atom stereocenters. The Kier molecular flexibility index (Phi) is 18.6. The SMILES string of the molecule is CC(=O)N(C(=O)C(NC(=O)C(CCC(=O)O)NC(=O)C(N)CC(=O)O)C(C)C)C(CC(=O)O)C(=O)O.O=CCNC(=O)c1ccccc1. The van der Waals surface area contributed by atoms with Crippen LogP contribution in [0.15, 0.2) is 30.3 Å². The molecule has 4 unspecified atom stereocenters. The molecule has 0 heterocycles. The van der Waals surface area contributed by atoms with Crippen molar-refractivity contribution in [2.45, 2.75) is 70.6 Å². The van der Waals surface area contributed by atoms with Gasteiger partial charge < -0.3 is 46.9 Å². The molecule has 5 amide bonds. The van der Waals surface area contributed by atoms with Gasteiger partial charge in [0, 0.05) is 18.9 Å². The van der Waals surface area contributed by atoms with Gasteiger partial charge in [0.15, 0.2) is 0 Å². The van der Waals surface area contributed by atoms with Crippen molar-refractivity contribution in [1.29, 1.82) is 0 Å². The minimum absolute atomic E-state index is 0.0632. The van der Waals surface area contributed by atoms with Crippen LogP contribution in [0.5, 0.6) is 0 Å². The first-order valence-electron chi connectivity index (χ1n) is 14.2. The second-order valence-corrected chi connectivity index (χ2v) is 10.4. The number of nitrogens with one attached hydrogen (secondary N) is 3. The van der Waals surface area contributed by atoms with Gasteiger partial charge in [-0.2, -0.15) is 0 Å². The van der Waals surface area contributed by atoms with Crippen LogP contribution in [0.1, 0.15) is 56.8 Å². The summed E-state index contributed by atoms with van der Waals surface area (Å²) in [6.07, 6.45) is -2.36. The van der Waals surface area contributed by atoms with E-state index in [1.165, 1.54) is 13.8 Å². The molecule has 1 aromatic rings. The van der Waals surface area contributed by atoms with Gasteiger partial charge in [0.2, 0.25) is 17.7 Å². The van der Waals surface area contributed by atoms with Crippen LogP contribution >= 0.6 is 0 Å². The summed E-state index contributed by atoms with van der Waals surface area (Å²) in [4.78, 5) is 116. The minimum atomic E-state index is -2.08. The number of aldehydes is 1. The molecule has 0 spiro atoms. The smallest absolute Gasteiger partial charge is 0.327 e. The van der Waals surface area contributed by atoms with Gasteiger partial charge in [-0.3, -0.25) is 43.3 Å². The summed E-state index contributed by atoms with van der Waals surface area (Å²) in [6.45, 7) is 3.73. The predicted molar refractivity (Wildman–Crippen MR) is 162 cm³/mol. The summed E-state index contributed by atoms with van der Waals surface area (Å²) in [5.74, 6) is -11.7. The van der Waals surface area contributed by atoms with Crippen LogP contribution in [0.25, 0.3) is 0 Å². The minimum Gasteiger partial charge on any atom is -0.481 e. The number of benzene rings is 1. The van der Waals surface area contributed by atoms with Crippen LogP contribution in [0.4, 0.5) is 0 Å². The second kappa shape index (κ2) is 21.1. The molecule has 0 fully saturated rings. The van der Waals surface area contributed by atoms with E-state index in [4.69, 9.17) is 21.1 Å². The lowest BCUT2D eigenvalue weighted by Gasteiger charge is -2.32. The molecule has 0 saturated heterocycles. The molecule has 1 aromatic carbocycles. The van der Waals surface area contributed by atoms with E-state index in [-0.39, 0.29) is 17.4 Å². The molecule has 1 rings (SSSR count). The van der Waals surface area contributed by atoms with Crippen molar-refractivity contribution in [3.05, 3.63) is 35.9 Å². The highest BCUT2D eigenvalue weighted by Crippen LogP contribution is 2.14. The molecule has 0 bridgehead atoms. The number of carbonyl (C=O) groups excluding carboxylic acids is 6. The van der Waals surface area contributed by atoms with Gasteiger partial charge >= 0.3 is 23.9 Å². The van der Waals surface area contributed by atoms with Crippen molar-refractivity contribution in [2.75, 3.05) is 6.54 Å². The molecule has 19 nitrogen and oxygen atoms in total. The number of carbonyl (C=O) groups is 10. The fraction of sp³-hybridized carbons (Fsp3) is 0.448. The Bertz CT molecular complexity index is 1350. The van der Waals surface area contributed by atoms with Crippen molar-refractivity contribution in [1.82, 2.24) is 20.9 Å². The standard InChI is InChI=1S/C20H30N4O12.C9H9NO2/c1-8(2)16(19(34)24(9(3)25)12(20(35)36)7-15(30)31)23-18(33)11(4-5-13(26)27)22-17(32)10(21)6-14(28)29;11-7-6-10-9(12)8-4-2-1-3-5-8/h8,10-12,16H,4-7,21H2,1-3H3,(H,22,32)(H,23,33)(H,26,27)(H,28,29)(H,30,31)(H,35,36);1-5,7H,6H2,(H,10,12). The lowest BCUT2D eigenvalue weighted by Crippen LogP contribution is -2.60. The fourth-order valence-corrected chi connectivity index (χ4v) is 3.82. The lowest BCUT2D eigenvalue weighted by atomic mass is 9.99. The topological polar surface area (TPSA) is 317 Å². The molecule has 0 radical (unpaired) electrons. The number of rotatable bonds is 18. The Balaban J connectivity index is 0.00000153. The lowest BCUT2D eigenvalue weighted by molar-refractivity contribution is -0.161. The zero-order valence-electron chi connectivity index (χ0n) is 26.3. The molecule has 264 valence electrons. The number of imide groups is 1. The third-order valence-electron chi connectivity index (χ3n) is 6.16. The number of aliphatic carboxylic acids is 4. The van der Waals surface area contributed by atoms with Crippen molar-refractivity contribution in [3.8, 4) is 0 Å². The molecule has 48 heavy (non-hydrogen) atoms. The molecule has 0 aliphatic carbocycles. The Hall–Kier alpha value is -5.72. The maximum absolute atomic E-state index is 13.1. The maximum atomic E-state index is 13.1. The number of hydrogen-bond donors (Lipinski definition) is 8. The van der Waals surface area contributed by atoms with E-state index in [9.17, 15) is 53.1 Å². The van der Waals surface area contributed by atoms with E-state index in [1.807, 2.05) is 6.07 Å². The first-order chi connectivity index (χ1) is 22.3. The highest BCUT2D eigenvalue weighted by Gasteiger charge is 2.40. The average Bonchev–Trinajstić information content (AvgIpc) is 2.99. The quantitative estimate of drug-likeness (QED) is 0.0792. The van der Waals surface area contributed by atoms with Gasteiger partial charge in [0.1, 0.15) is 24.4 Å². The second-order valence-electron chi connectivity index (χ2n) is 10.4.